The molecule has 44 valence electrons. The molecule has 0 spiro atoms. The van der Waals surface area contributed by atoms with Gasteiger partial charge in [-0.15, -0.1) is 5.73 Å². The van der Waals surface area contributed by atoms with Crippen LogP contribution >= 0.6 is 0 Å². The Bertz CT molecular complexity index is 120. The van der Waals surface area contributed by atoms with Gasteiger partial charge in [-0.2, -0.15) is 0 Å². The molecule has 1 rings (SSSR count). The van der Waals surface area contributed by atoms with E-state index in [1.54, 1.807) is 0 Å². The molecule has 0 saturated carbocycles. The van der Waals surface area contributed by atoms with E-state index in [1.807, 2.05) is 12.2 Å². The first kappa shape index (κ1) is 5.61. The Kier molecular flexibility index (Phi) is 1.90. The summed E-state index contributed by atoms with van der Waals surface area (Å²) >= 11 is 0. The maximum absolute atomic E-state index is 8.61. The molecule has 8 heavy (non-hydrogen) atoms. The van der Waals surface area contributed by atoms with E-state index in [4.69, 9.17) is 5.11 Å². The van der Waals surface area contributed by atoms with Gasteiger partial charge in [0.15, 0.2) is 0 Å². The van der Waals surface area contributed by atoms with Gasteiger partial charge in [0.1, 0.15) is 0 Å². The van der Waals surface area contributed by atoms with Gasteiger partial charge in [-0.25, -0.2) is 0 Å². The van der Waals surface area contributed by atoms with E-state index in [9.17, 15) is 0 Å². The van der Waals surface area contributed by atoms with Crippen LogP contribution in [0.2, 0.25) is 0 Å². The highest BCUT2D eigenvalue weighted by Gasteiger charge is 2.02. The largest absolute Gasteiger partial charge is 0.396 e. The number of hydrogen-bond acceptors (Lipinski definition) is 1. The first-order valence-corrected chi connectivity index (χ1v) is 2.95. The lowest BCUT2D eigenvalue weighted by molar-refractivity contribution is 0.246. The molecule has 1 aliphatic rings. The number of hydrogen-bond donors (Lipinski definition) is 1. The molecule has 0 aromatic heterocycles. The highest BCUT2D eigenvalue weighted by Crippen LogP contribution is 2.10. The van der Waals surface area contributed by atoms with Crippen LogP contribution < -0.4 is 0 Å². The summed E-state index contributed by atoms with van der Waals surface area (Å²) in [5.74, 6) is 0.375. The molecule has 1 atom stereocenters. The maximum atomic E-state index is 8.61. The topological polar surface area (TPSA) is 20.2 Å². The zero-order valence-corrected chi connectivity index (χ0v) is 4.80. The molecule has 0 fully saturated rings. The lowest BCUT2D eigenvalue weighted by Crippen LogP contribution is -2.02. The maximum Gasteiger partial charge on any atom is 0.0500 e. The molecule has 1 nitrogen and oxygen atoms in total. The number of aliphatic hydroxyl groups is 1. The van der Waals surface area contributed by atoms with Gasteiger partial charge in [0.05, 0.1) is 0 Å². The average Bonchev–Trinajstić information content (AvgIpc) is 1.90. The van der Waals surface area contributed by atoms with E-state index in [2.05, 4.69) is 5.73 Å². The van der Waals surface area contributed by atoms with Crippen molar-refractivity contribution in [2.24, 2.45) is 5.92 Å². The van der Waals surface area contributed by atoms with Crippen LogP contribution in [0.5, 0.6) is 0 Å². The molecule has 0 bridgehead atoms. The number of rotatable bonds is 1. The third-order valence-electron chi connectivity index (χ3n) is 1.37. The van der Waals surface area contributed by atoms with E-state index in [1.165, 1.54) is 0 Å². The Hall–Kier alpha value is -0.520. The van der Waals surface area contributed by atoms with Gasteiger partial charge in [0.25, 0.3) is 0 Å². The molecule has 0 saturated heterocycles. The van der Waals surface area contributed by atoms with E-state index < -0.39 is 0 Å². The average molecular weight is 110 g/mol. The summed E-state index contributed by atoms with van der Waals surface area (Å²) in [6.07, 6.45) is 6.10. The van der Waals surface area contributed by atoms with E-state index in [0.717, 1.165) is 12.8 Å². The standard InChI is InChI=1S/C7H10O/c8-6-7-4-2-1-3-5-7/h1,5,7-8H,2,4,6H2. The summed E-state index contributed by atoms with van der Waals surface area (Å²) in [6.45, 7) is 0.279. The van der Waals surface area contributed by atoms with Crippen molar-refractivity contribution in [3.63, 3.8) is 0 Å². The van der Waals surface area contributed by atoms with Crippen LogP contribution in [0.3, 0.4) is 0 Å². The summed E-state index contributed by atoms with van der Waals surface area (Å²) in [5.41, 5.74) is 2.98. The quantitative estimate of drug-likeness (QED) is 0.501. The molecule has 1 aliphatic carbocycles. The summed E-state index contributed by atoms with van der Waals surface area (Å²) in [7, 11) is 0. The fourth-order valence-corrected chi connectivity index (χ4v) is 0.812. The fraction of sp³-hybridized carbons (Fsp3) is 0.571. The SMILES string of the molecule is OCC1C=C=CCC1. The minimum Gasteiger partial charge on any atom is -0.396 e. The summed E-state index contributed by atoms with van der Waals surface area (Å²) < 4.78 is 0. The number of aliphatic hydroxyl groups excluding tert-OH is 1. The highest BCUT2D eigenvalue weighted by molar-refractivity contribution is 4.95. The molecule has 1 N–H and O–H groups in total. The van der Waals surface area contributed by atoms with Crippen molar-refractivity contribution in [1.82, 2.24) is 0 Å². The molecule has 0 radical (unpaired) electrons. The Balaban J connectivity index is 2.47. The molecule has 0 aromatic rings. The van der Waals surface area contributed by atoms with Gasteiger partial charge in [-0.1, -0.05) is 0 Å². The normalized spacial score (nSPS) is 26.4. The Morgan fingerprint density at radius 1 is 1.75 bits per heavy atom. The fourth-order valence-electron chi connectivity index (χ4n) is 0.812. The van der Waals surface area contributed by atoms with Crippen molar-refractivity contribution < 1.29 is 5.11 Å². The second kappa shape index (κ2) is 2.71. The van der Waals surface area contributed by atoms with Crippen molar-refractivity contribution in [2.75, 3.05) is 6.61 Å². The smallest absolute Gasteiger partial charge is 0.0500 e. The van der Waals surface area contributed by atoms with Crippen LogP contribution in [0.25, 0.3) is 0 Å². The Labute approximate surface area is 49.3 Å². The second-order valence-corrected chi connectivity index (χ2v) is 2.06. The third kappa shape index (κ3) is 1.22. The Morgan fingerprint density at radius 3 is 3.00 bits per heavy atom. The highest BCUT2D eigenvalue weighted by atomic mass is 16.3. The van der Waals surface area contributed by atoms with Crippen LogP contribution in [0, 0.1) is 5.92 Å². The second-order valence-electron chi connectivity index (χ2n) is 2.06. The van der Waals surface area contributed by atoms with Crippen LogP contribution in [-0.4, -0.2) is 11.7 Å². The lowest BCUT2D eigenvalue weighted by Gasteiger charge is -2.07. The molecule has 1 heteroatoms. The molecular formula is C7H10O. The predicted octanol–water partition coefficient (Wildman–Crippen LogP) is 1.10. The molecule has 0 amide bonds. The lowest BCUT2D eigenvalue weighted by atomic mass is 10.0. The van der Waals surface area contributed by atoms with E-state index >= 15 is 0 Å². The predicted molar refractivity (Wildman–Crippen MR) is 32.5 cm³/mol. The van der Waals surface area contributed by atoms with Crippen LogP contribution in [0.15, 0.2) is 17.9 Å². The van der Waals surface area contributed by atoms with Crippen LogP contribution in [0.4, 0.5) is 0 Å². The van der Waals surface area contributed by atoms with Crippen molar-refractivity contribution in [1.29, 1.82) is 0 Å². The molecular weight excluding hydrogens is 100 g/mol. The Morgan fingerprint density at radius 2 is 2.62 bits per heavy atom. The van der Waals surface area contributed by atoms with Crippen molar-refractivity contribution in [3.8, 4) is 0 Å². The summed E-state index contributed by atoms with van der Waals surface area (Å²) in [5, 5.41) is 8.61. The van der Waals surface area contributed by atoms with Gasteiger partial charge < -0.3 is 5.11 Å². The third-order valence-corrected chi connectivity index (χ3v) is 1.37. The van der Waals surface area contributed by atoms with Gasteiger partial charge in [0.2, 0.25) is 0 Å². The molecule has 0 aliphatic heterocycles. The zero-order chi connectivity index (χ0) is 5.82. The minimum absolute atomic E-state index is 0.279. The van der Waals surface area contributed by atoms with Gasteiger partial charge in [-0.3, -0.25) is 0 Å². The van der Waals surface area contributed by atoms with Gasteiger partial charge in [-0.05, 0) is 25.0 Å². The first-order chi connectivity index (χ1) is 3.93. The molecule has 0 heterocycles. The van der Waals surface area contributed by atoms with E-state index in [0.29, 0.717) is 5.92 Å². The summed E-state index contributed by atoms with van der Waals surface area (Å²) in [6, 6.07) is 0. The van der Waals surface area contributed by atoms with Crippen molar-refractivity contribution >= 4 is 0 Å². The van der Waals surface area contributed by atoms with Gasteiger partial charge in [0, 0.05) is 12.5 Å². The van der Waals surface area contributed by atoms with Gasteiger partial charge >= 0.3 is 0 Å². The van der Waals surface area contributed by atoms with Crippen molar-refractivity contribution in [3.05, 3.63) is 17.9 Å². The first-order valence-electron chi connectivity index (χ1n) is 2.95. The molecule has 1 unspecified atom stereocenters. The monoisotopic (exact) mass is 110 g/mol. The summed E-state index contributed by atoms with van der Waals surface area (Å²) in [4.78, 5) is 0. The van der Waals surface area contributed by atoms with Crippen molar-refractivity contribution in [2.45, 2.75) is 12.8 Å². The zero-order valence-electron chi connectivity index (χ0n) is 4.80. The van der Waals surface area contributed by atoms with E-state index in [-0.39, 0.29) is 6.61 Å². The van der Waals surface area contributed by atoms with Crippen LogP contribution in [0.1, 0.15) is 12.8 Å². The minimum atomic E-state index is 0.279. The molecule has 0 aromatic carbocycles. The van der Waals surface area contributed by atoms with Crippen LogP contribution in [-0.2, 0) is 0 Å².